The maximum atomic E-state index is 13.0. The van der Waals surface area contributed by atoms with Gasteiger partial charge in [0.1, 0.15) is 5.56 Å². The van der Waals surface area contributed by atoms with E-state index in [0.29, 0.717) is 37.4 Å². The van der Waals surface area contributed by atoms with E-state index in [4.69, 9.17) is 0 Å². The monoisotopic (exact) mass is 342 g/mol. The van der Waals surface area contributed by atoms with Gasteiger partial charge in [0.15, 0.2) is 5.65 Å². The standard InChI is InChI=1S/C17H22N6O2/c1-12-4-7-23-16(20-12)14(9-19-23)17(25)21-6-2-3-13(11-21)22-8-5-18-10-15(22)24/h4,7,9,13,18H,2-3,5-6,8,10-11H2,1H3. The van der Waals surface area contributed by atoms with Crippen molar-refractivity contribution in [3.63, 3.8) is 0 Å². The lowest BCUT2D eigenvalue weighted by molar-refractivity contribution is -0.135. The third kappa shape index (κ3) is 2.97. The molecule has 1 unspecified atom stereocenters. The number of rotatable bonds is 2. The number of nitrogens with one attached hydrogen (secondary N) is 1. The Kier molecular flexibility index (Phi) is 4.12. The first-order valence-corrected chi connectivity index (χ1v) is 8.74. The molecule has 0 aliphatic carbocycles. The predicted molar refractivity (Wildman–Crippen MR) is 91.2 cm³/mol. The van der Waals surface area contributed by atoms with Gasteiger partial charge in [0, 0.05) is 44.1 Å². The molecule has 2 aliphatic heterocycles. The van der Waals surface area contributed by atoms with Crippen molar-refractivity contribution in [2.75, 3.05) is 32.7 Å². The molecule has 0 aromatic carbocycles. The fourth-order valence-corrected chi connectivity index (χ4v) is 3.68. The largest absolute Gasteiger partial charge is 0.336 e. The second kappa shape index (κ2) is 6.44. The van der Waals surface area contributed by atoms with Crippen molar-refractivity contribution < 1.29 is 9.59 Å². The second-order valence-corrected chi connectivity index (χ2v) is 6.71. The third-order valence-corrected chi connectivity index (χ3v) is 4.99. The van der Waals surface area contributed by atoms with Crippen LogP contribution in [0.25, 0.3) is 5.65 Å². The molecule has 2 amide bonds. The number of hydrogen-bond acceptors (Lipinski definition) is 5. The maximum absolute atomic E-state index is 13.0. The van der Waals surface area contributed by atoms with Gasteiger partial charge in [0.05, 0.1) is 12.7 Å². The molecule has 1 atom stereocenters. The highest BCUT2D eigenvalue weighted by Gasteiger charge is 2.32. The summed E-state index contributed by atoms with van der Waals surface area (Å²) in [4.78, 5) is 33.4. The lowest BCUT2D eigenvalue weighted by atomic mass is 10.0. The summed E-state index contributed by atoms with van der Waals surface area (Å²) in [6.45, 7) is 5.10. The number of nitrogens with zero attached hydrogens (tertiary/aromatic N) is 5. The number of likely N-dealkylation sites (tertiary alicyclic amines) is 1. The highest BCUT2D eigenvalue weighted by molar-refractivity contribution is 5.99. The van der Waals surface area contributed by atoms with Crippen molar-refractivity contribution in [2.45, 2.75) is 25.8 Å². The van der Waals surface area contributed by atoms with Gasteiger partial charge in [-0.25, -0.2) is 9.50 Å². The van der Waals surface area contributed by atoms with E-state index in [9.17, 15) is 9.59 Å². The SMILES string of the molecule is Cc1ccn2ncc(C(=O)N3CCCC(N4CCNCC4=O)C3)c2n1. The van der Waals surface area contributed by atoms with E-state index in [1.165, 1.54) is 0 Å². The normalized spacial score (nSPS) is 21.8. The Morgan fingerprint density at radius 2 is 2.24 bits per heavy atom. The van der Waals surface area contributed by atoms with Crippen molar-refractivity contribution in [1.82, 2.24) is 29.7 Å². The molecule has 0 bridgehead atoms. The van der Waals surface area contributed by atoms with Gasteiger partial charge in [0.25, 0.3) is 5.91 Å². The Bertz CT molecular complexity index is 817. The average molecular weight is 342 g/mol. The summed E-state index contributed by atoms with van der Waals surface area (Å²) in [5.74, 6) is 0.0687. The van der Waals surface area contributed by atoms with Crippen LogP contribution in [0.3, 0.4) is 0 Å². The molecule has 2 aromatic heterocycles. The maximum Gasteiger partial charge on any atom is 0.259 e. The lowest BCUT2D eigenvalue weighted by Gasteiger charge is -2.41. The van der Waals surface area contributed by atoms with Crippen LogP contribution >= 0.6 is 0 Å². The Morgan fingerprint density at radius 3 is 3.08 bits per heavy atom. The molecular formula is C17H22N6O2. The number of fused-ring (bicyclic) bond motifs is 1. The van der Waals surface area contributed by atoms with E-state index >= 15 is 0 Å². The first-order chi connectivity index (χ1) is 12.1. The van der Waals surface area contributed by atoms with Crippen molar-refractivity contribution in [3.8, 4) is 0 Å². The van der Waals surface area contributed by atoms with Gasteiger partial charge < -0.3 is 15.1 Å². The number of carbonyl (C=O) groups is 2. The molecule has 8 heteroatoms. The lowest BCUT2D eigenvalue weighted by Crippen LogP contribution is -2.57. The summed E-state index contributed by atoms with van der Waals surface area (Å²) in [7, 11) is 0. The fourth-order valence-electron chi connectivity index (χ4n) is 3.68. The van der Waals surface area contributed by atoms with E-state index in [1.54, 1.807) is 10.7 Å². The van der Waals surface area contributed by atoms with Crippen LogP contribution in [0.5, 0.6) is 0 Å². The first-order valence-electron chi connectivity index (χ1n) is 8.74. The quantitative estimate of drug-likeness (QED) is 0.835. The minimum atomic E-state index is -0.0552. The highest BCUT2D eigenvalue weighted by atomic mass is 16.2. The van der Waals surface area contributed by atoms with Crippen molar-refractivity contribution >= 4 is 17.5 Å². The molecule has 4 heterocycles. The summed E-state index contributed by atoms with van der Waals surface area (Å²) in [6.07, 6.45) is 5.25. The summed E-state index contributed by atoms with van der Waals surface area (Å²) in [5.41, 5.74) is 1.96. The van der Waals surface area contributed by atoms with E-state index < -0.39 is 0 Å². The Labute approximate surface area is 145 Å². The molecule has 1 N–H and O–H groups in total. The fraction of sp³-hybridized carbons (Fsp3) is 0.529. The molecule has 0 spiro atoms. The van der Waals surface area contributed by atoms with Crippen LogP contribution in [-0.2, 0) is 4.79 Å². The van der Waals surface area contributed by atoms with Crippen LogP contribution in [-0.4, -0.2) is 75.0 Å². The minimum absolute atomic E-state index is 0.0552. The van der Waals surface area contributed by atoms with Crippen LogP contribution in [0.15, 0.2) is 18.5 Å². The second-order valence-electron chi connectivity index (χ2n) is 6.71. The van der Waals surface area contributed by atoms with Gasteiger partial charge in [-0.3, -0.25) is 9.59 Å². The predicted octanol–water partition coefficient (Wildman–Crippen LogP) is 0.0741. The molecule has 2 fully saturated rings. The van der Waals surface area contributed by atoms with Gasteiger partial charge in [-0.2, -0.15) is 5.10 Å². The van der Waals surface area contributed by atoms with Gasteiger partial charge in [-0.1, -0.05) is 0 Å². The molecule has 0 saturated carbocycles. The van der Waals surface area contributed by atoms with E-state index in [-0.39, 0.29) is 17.9 Å². The number of amides is 2. The smallest absolute Gasteiger partial charge is 0.259 e. The molecule has 0 radical (unpaired) electrons. The molecule has 132 valence electrons. The van der Waals surface area contributed by atoms with Crippen LogP contribution in [0.4, 0.5) is 0 Å². The molecule has 2 saturated heterocycles. The number of aryl methyl sites for hydroxylation is 1. The van der Waals surface area contributed by atoms with Gasteiger partial charge in [-0.15, -0.1) is 0 Å². The van der Waals surface area contributed by atoms with Crippen LogP contribution < -0.4 is 5.32 Å². The van der Waals surface area contributed by atoms with Crippen LogP contribution in [0, 0.1) is 6.92 Å². The van der Waals surface area contributed by atoms with Gasteiger partial charge >= 0.3 is 0 Å². The van der Waals surface area contributed by atoms with Crippen molar-refractivity contribution in [1.29, 1.82) is 0 Å². The highest BCUT2D eigenvalue weighted by Crippen LogP contribution is 2.20. The van der Waals surface area contributed by atoms with E-state index in [2.05, 4.69) is 15.4 Å². The summed E-state index contributed by atoms with van der Waals surface area (Å²) >= 11 is 0. The number of hydrogen-bond donors (Lipinski definition) is 1. The summed E-state index contributed by atoms with van der Waals surface area (Å²) < 4.78 is 1.63. The number of aromatic nitrogens is 3. The molecule has 8 nitrogen and oxygen atoms in total. The average Bonchev–Trinajstić information content (AvgIpc) is 3.04. The summed E-state index contributed by atoms with van der Waals surface area (Å²) in [5, 5.41) is 7.32. The zero-order valence-corrected chi connectivity index (χ0v) is 14.3. The molecule has 2 aliphatic rings. The van der Waals surface area contributed by atoms with Gasteiger partial charge in [0.2, 0.25) is 5.91 Å². The van der Waals surface area contributed by atoms with Crippen molar-refractivity contribution in [3.05, 3.63) is 29.7 Å². The van der Waals surface area contributed by atoms with Crippen LogP contribution in [0.2, 0.25) is 0 Å². The molecule has 4 rings (SSSR count). The van der Waals surface area contributed by atoms with Gasteiger partial charge in [-0.05, 0) is 25.8 Å². The molecule has 2 aromatic rings. The Hall–Kier alpha value is -2.48. The molecular weight excluding hydrogens is 320 g/mol. The topological polar surface area (TPSA) is 82.8 Å². The summed E-state index contributed by atoms with van der Waals surface area (Å²) in [6, 6.07) is 1.96. The molecule has 25 heavy (non-hydrogen) atoms. The third-order valence-electron chi connectivity index (χ3n) is 4.99. The number of carbonyl (C=O) groups excluding carboxylic acids is 2. The Balaban J connectivity index is 1.55. The zero-order chi connectivity index (χ0) is 17.4. The van der Waals surface area contributed by atoms with Crippen LogP contribution in [0.1, 0.15) is 28.9 Å². The van der Waals surface area contributed by atoms with Crippen molar-refractivity contribution in [2.24, 2.45) is 0 Å². The number of piperazine rings is 1. The Morgan fingerprint density at radius 1 is 1.36 bits per heavy atom. The first kappa shape index (κ1) is 16.0. The van der Waals surface area contributed by atoms with E-state index in [0.717, 1.165) is 25.1 Å². The number of piperidine rings is 1. The zero-order valence-electron chi connectivity index (χ0n) is 14.3. The van der Waals surface area contributed by atoms with E-state index in [1.807, 2.05) is 29.0 Å². The minimum Gasteiger partial charge on any atom is -0.336 e.